The molecule has 1 aromatic heterocycles. The molecule has 0 unspecified atom stereocenters. The van der Waals surface area contributed by atoms with Gasteiger partial charge in [-0.1, -0.05) is 0 Å². The van der Waals surface area contributed by atoms with Crippen LogP contribution in [-0.2, 0) is 11.2 Å². The molecule has 0 bridgehead atoms. The molecular formula is C8H13N3O. The van der Waals surface area contributed by atoms with Crippen LogP contribution in [0, 0.1) is 6.92 Å². The molecule has 0 aliphatic rings. The van der Waals surface area contributed by atoms with Crippen LogP contribution in [0.15, 0.2) is 6.20 Å². The van der Waals surface area contributed by atoms with Crippen LogP contribution in [-0.4, -0.2) is 23.2 Å². The van der Waals surface area contributed by atoms with Gasteiger partial charge in [0, 0.05) is 12.2 Å². The summed E-state index contributed by atoms with van der Waals surface area (Å²) < 4.78 is 0. The van der Waals surface area contributed by atoms with Gasteiger partial charge in [0.15, 0.2) is 0 Å². The van der Waals surface area contributed by atoms with Crippen LogP contribution in [0.4, 0.5) is 0 Å². The second-order valence-electron chi connectivity index (χ2n) is 2.70. The van der Waals surface area contributed by atoms with Crippen LogP contribution in [0.5, 0.6) is 0 Å². The summed E-state index contributed by atoms with van der Waals surface area (Å²) in [5.41, 5.74) is 2.34. The van der Waals surface area contributed by atoms with Gasteiger partial charge in [0.25, 0.3) is 0 Å². The van der Waals surface area contributed by atoms with Gasteiger partial charge in [0.2, 0.25) is 6.41 Å². The van der Waals surface area contributed by atoms with Gasteiger partial charge >= 0.3 is 0 Å². The van der Waals surface area contributed by atoms with Crippen LogP contribution < -0.4 is 5.32 Å². The number of hydrogen-bond acceptors (Lipinski definition) is 2. The normalized spacial score (nSPS) is 9.75. The van der Waals surface area contributed by atoms with E-state index in [1.54, 1.807) is 0 Å². The number of carbonyl (C=O) groups is 1. The lowest BCUT2D eigenvalue weighted by Crippen LogP contribution is -2.12. The van der Waals surface area contributed by atoms with E-state index in [2.05, 4.69) is 15.5 Å². The molecule has 1 rings (SSSR count). The fourth-order valence-electron chi connectivity index (χ4n) is 1.07. The molecule has 12 heavy (non-hydrogen) atoms. The van der Waals surface area contributed by atoms with Crippen LogP contribution in [0.25, 0.3) is 0 Å². The molecule has 0 aromatic carbocycles. The highest BCUT2D eigenvalue weighted by Gasteiger charge is 1.98. The predicted molar refractivity (Wildman–Crippen MR) is 45.7 cm³/mol. The summed E-state index contributed by atoms with van der Waals surface area (Å²) >= 11 is 0. The molecular weight excluding hydrogens is 154 g/mol. The topological polar surface area (TPSA) is 57.8 Å². The molecule has 0 aliphatic heterocycles. The Kier molecular flexibility index (Phi) is 3.32. The van der Waals surface area contributed by atoms with Gasteiger partial charge in [-0.3, -0.25) is 9.89 Å². The van der Waals surface area contributed by atoms with E-state index in [1.807, 2.05) is 13.1 Å². The van der Waals surface area contributed by atoms with E-state index in [4.69, 9.17) is 0 Å². The lowest BCUT2D eigenvalue weighted by Gasteiger charge is -1.97. The van der Waals surface area contributed by atoms with Crippen molar-refractivity contribution in [1.82, 2.24) is 15.5 Å². The highest BCUT2D eigenvalue weighted by Crippen LogP contribution is 2.04. The first-order chi connectivity index (χ1) is 5.84. The van der Waals surface area contributed by atoms with Crippen molar-refractivity contribution in [1.29, 1.82) is 0 Å². The number of nitrogens with zero attached hydrogens (tertiary/aromatic N) is 1. The fourth-order valence-corrected chi connectivity index (χ4v) is 1.07. The molecule has 0 radical (unpaired) electrons. The number of H-pyrrole nitrogens is 1. The molecule has 1 amide bonds. The fraction of sp³-hybridized carbons (Fsp3) is 0.500. The highest BCUT2D eigenvalue weighted by molar-refractivity contribution is 5.45. The maximum atomic E-state index is 9.90. The van der Waals surface area contributed by atoms with Gasteiger partial charge in [-0.25, -0.2) is 0 Å². The predicted octanol–water partition coefficient (Wildman–Crippen LogP) is 0.397. The molecule has 2 N–H and O–H groups in total. The Hall–Kier alpha value is -1.32. The standard InChI is InChI=1S/C8H13N3O/c1-7-8(5-10-11-7)3-2-4-9-6-12/h5-6H,2-4H2,1H3,(H,9,12)(H,10,11). The van der Waals surface area contributed by atoms with Gasteiger partial charge in [0.05, 0.1) is 6.20 Å². The van der Waals surface area contributed by atoms with Gasteiger partial charge in [-0.05, 0) is 25.3 Å². The Bertz CT molecular complexity index is 244. The molecule has 0 saturated carbocycles. The lowest BCUT2D eigenvalue weighted by atomic mass is 10.1. The number of aryl methyl sites for hydroxylation is 2. The van der Waals surface area contributed by atoms with Crippen molar-refractivity contribution in [2.24, 2.45) is 0 Å². The maximum Gasteiger partial charge on any atom is 0.207 e. The molecule has 0 fully saturated rings. The minimum atomic E-state index is 0.724. The third-order valence-corrected chi connectivity index (χ3v) is 1.78. The molecule has 1 aromatic rings. The highest BCUT2D eigenvalue weighted by atomic mass is 16.1. The third-order valence-electron chi connectivity index (χ3n) is 1.78. The van der Waals surface area contributed by atoms with Crippen LogP contribution in [0.3, 0.4) is 0 Å². The molecule has 0 atom stereocenters. The number of carbonyl (C=O) groups excluding carboxylic acids is 1. The van der Waals surface area contributed by atoms with E-state index in [-0.39, 0.29) is 0 Å². The summed E-state index contributed by atoms with van der Waals surface area (Å²) in [5, 5.41) is 9.39. The summed E-state index contributed by atoms with van der Waals surface area (Å²) in [5.74, 6) is 0. The van der Waals surface area contributed by atoms with Crippen LogP contribution in [0.2, 0.25) is 0 Å². The lowest BCUT2D eigenvalue weighted by molar-refractivity contribution is -0.109. The molecule has 4 heteroatoms. The van der Waals surface area contributed by atoms with Crippen molar-refractivity contribution < 1.29 is 4.79 Å². The SMILES string of the molecule is Cc1[nH]ncc1CCCNC=O. The molecule has 66 valence electrons. The minimum absolute atomic E-state index is 0.724. The Morgan fingerprint density at radius 1 is 1.75 bits per heavy atom. The Morgan fingerprint density at radius 3 is 3.17 bits per heavy atom. The van der Waals surface area contributed by atoms with E-state index in [0.717, 1.165) is 31.5 Å². The summed E-state index contributed by atoms with van der Waals surface area (Å²) in [6.45, 7) is 2.73. The monoisotopic (exact) mass is 167 g/mol. The van der Waals surface area contributed by atoms with Crippen molar-refractivity contribution in [3.05, 3.63) is 17.5 Å². The number of aromatic nitrogens is 2. The smallest absolute Gasteiger partial charge is 0.207 e. The summed E-state index contributed by atoms with van der Waals surface area (Å²) in [6.07, 6.45) is 4.47. The van der Waals surface area contributed by atoms with Crippen LogP contribution in [0.1, 0.15) is 17.7 Å². The van der Waals surface area contributed by atoms with Crippen molar-refractivity contribution in [2.75, 3.05) is 6.54 Å². The third kappa shape index (κ3) is 2.38. The van der Waals surface area contributed by atoms with E-state index >= 15 is 0 Å². The number of aromatic amines is 1. The van der Waals surface area contributed by atoms with Gasteiger partial charge in [0.1, 0.15) is 0 Å². The molecule has 4 nitrogen and oxygen atoms in total. The Balaban J connectivity index is 2.24. The van der Waals surface area contributed by atoms with Crippen molar-refractivity contribution in [2.45, 2.75) is 19.8 Å². The quantitative estimate of drug-likeness (QED) is 0.492. The van der Waals surface area contributed by atoms with Gasteiger partial charge in [-0.2, -0.15) is 5.10 Å². The van der Waals surface area contributed by atoms with Crippen LogP contribution >= 0.6 is 0 Å². The largest absolute Gasteiger partial charge is 0.359 e. The second kappa shape index (κ2) is 4.54. The average Bonchev–Trinajstić information content (AvgIpc) is 2.46. The maximum absolute atomic E-state index is 9.90. The summed E-state index contributed by atoms with van der Waals surface area (Å²) in [6, 6.07) is 0. The van der Waals surface area contributed by atoms with E-state index in [9.17, 15) is 4.79 Å². The van der Waals surface area contributed by atoms with E-state index in [1.165, 1.54) is 5.56 Å². The molecule has 0 saturated heterocycles. The Labute approximate surface area is 71.4 Å². The number of nitrogens with one attached hydrogen (secondary N) is 2. The van der Waals surface area contributed by atoms with E-state index in [0.29, 0.717) is 0 Å². The summed E-state index contributed by atoms with van der Waals surface area (Å²) in [7, 11) is 0. The first-order valence-corrected chi connectivity index (χ1v) is 4.00. The number of hydrogen-bond donors (Lipinski definition) is 2. The van der Waals surface area contributed by atoms with Gasteiger partial charge < -0.3 is 5.32 Å². The average molecular weight is 167 g/mol. The number of amides is 1. The van der Waals surface area contributed by atoms with E-state index < -0.39 is 0 Å². The Morgan fingerprint density at radius 2 is 2.58 bits per heavy atom. The minimum Gasteiger partial charge on any atom is -0.359 e. The first kappa shape index (κ1) is 8.77. The molecule has 0 aliphatic carbocycles. The zero-order valence-corrected chi connectivity index (χ0v) is 7.13. The molecule has 0 spiro atoms. The van der Waals surface area contributed by atoms with Crippen molar-refractivity contribution in [3.8, 4) is 0 Å². The first-order valence-electron chi connectivity index (χ1n) is 4.00. The number of rotatable bonds is 5. The van der Waals surface area contributed by atoms with Crippen molar-refractivity contribution in [3.63, 3.8) is 0 Å². The zero-order valence-electron chi connectivity index (χ0n) is 7.13. The molecule has 1 heterocycles. The summed E-state index contributed by atoms with van der Waals surface area (Å²) in [4.78, 5) is 9.90. The zero-order chi connectivity index (χ0) is 8.81. The second-order valence-corrected chi connectivity index (χ2v) is 2.70. The van der Waals surface area contributed by atoms with Crippen molar-refractivity contribution >= 4 is 6.41 Å². The van der Waals surface area contributed by atoms with Gasteiger partial charge in [-0.15, -0.1) is 0 Å².